The highest BCUT2D eigenvalue weighted by molar-refractivity contribution is 6.32. The fourth-order valence-corrected chi connectivity index (χ4v) is 2.28. The molecule has 0 saturated carbocycles. The molecule has 2 N–H and O–H groups in total. The third kappa shape index (κ3) is 4.75. The maximum Gasteiger partial charge on any atom is 0.254 e. The monoisotopic (exact) mass is 308 g/mol. The van der Waals surface area contributed by atoms with E-state index in [0.29, 0.717) is 29.3 Å². The Balaban J connectivity index is 2.99. The highest BCUT2D eigenvalue weighted by atomic mass is 35.5. The lowest BCUT2D eigenvalue weighted by atomic mass is 10.1. The molecule has 1 amide bonds. The number of benzene rings is 1. The lowest BCUT2D eigenvalue weighted by Gasteiger charge is -2.27. The molecular weight excluding hydrogens is 288 g/mol. The Morgan fingerprint density at radius 3 is 2.76 bits per heavy atom. The van der Waals surface area contributed by atoms with Gasteiger partial charge < -0.3 is 15.4 Å². The molecule has 0 radical (unpaired) electrons. The molecule has 5 heteroatoms. The van der Waals surface area contributed by atoms with Gasteiger partial charge in [-0.1, -0.05) is 23.4 Å². The molecule has 0 bridgehead atoms. The van der Waals surface area contributed by atoms with E-state index in [4.69, 9.17) is 22.1 Å². The molecule has 21 heavy (non-hydrogen) atoms. The Hall–Kier alpha value is -1.54. The standard InChI is InChI=1S/C16H21ClN2O2/c1-4-19(12(2)11-21-3)16(20)14-8-7-13(6-5-9-18)15(17)10-14/h7-8,10,12H,4,9,11,18H2,1-3H3. The van der Waals surface area contributed by atoms with Crippen LogP contribution in [0.25, 0.3) is 0 Å². The van der Waals surface area contributed by atoms with Crippen molar-refractivity contribution in [2.24, 2.45) is 5.73 Å². The maximum absolute atomic E-state index is 12.5. The second-order valence-corrected chi connectivity index (χ2v) is 5.00. The van der Waals surface area contributed by atoms with Crippen molar-refractivity contribution in [1.29, 1.82) is 0 Å². The van der Waals surface area contributed by atoms with Crippen LogP contribution in [-0.4, -0.2) is 43.7 Å². The first-order valence-electron chi connectivity index (χ1n) is 6.83. The highest BCUT2D eigenvalue weighted by Crippen LogP contribution is 2.19. The van der Waals surface area contributed by atoms with Crippen LogP contribution in [0.2, 0.25) is 5.02 Å². The van der Waals surface area contributed by atoms with Crippen LogP contribution in [0.4, 0.5) is 0 Å². The van der Waals surface area contributed by atoms with Crippen LogP contribution in [0.3, 0.4) is 0 Å². The highest BCUT2D eigenvalue weighted by Gasteiger charge is 2.20. The van der Waals surface area contributed by atoms with E-state index in [1.54, 1.807) is 30.2 Å². The maximum atomic E-state index is 12.5. The van der Waals surface area contributed by atoms with Crippen LogP contribution in [0, 0.1) is 11.8 Å². The van der Waals surface area contributed by atoms with Gasteiger partial charge in [-0.05, 0) is 32.0 Å². The molecule has 0 saturated heterocycles. The molecule has 0 spiro atoms. The van der Waals surface area contributed by atoms with E-state index in [1.807, 2.05) is 13.8 Å². The minimum absolute atomic E-state index is 0.00276. The van der Waals surface area contributed by atoms with Crippen molar-refractivity contribution >= 4 is 17.5 Å². The van der Waals surface area contributed by atoms with Crippen LogP contribution in [0.1, 0.15) is 29.8 Å². The average Bonchev–Trinajstić information content (AvgIpc) is 2.46. The zero-order valence-corrected chi connectivity index (χ0v) is 13.4. The smallest absolute Gasteiger partial charge is 0.254 e. The summed E-state index contributed by atoms with van der Waals surface area (Å²) >= 11 is 6.16. The second-order valence-electron chi connectivity index (χ2n) is 4.60. The van der Waals surface area contributed by atoms with Gasteiger partial charge in [0, 0.05) is 24.8 Å². The molecule has 1 unspecified atom stereocenters. The molecule has 1 atom stereocenters. The molecule has 0 aliphatic heterocycles. The number of amides is 1. The number of hydrogen-bond acceptors (Lipinski definition) is 3. The third-order valence-corrected chi connectivity index (χ3v) is 3.40. The van der Waals surface area contributed by atoms with Crippen LogP contribution >= 0.6 is 11.6 Å². The van der Waals surface area contributed by atoms with Crippen molar-refractivity contribution < 1.29 is 9.53 Å². The number of halogens is 1. The zero-order valence-electron chi connectivity index (χ0n) is 12.6. The Morgan fingerprint density at radius 1 is 1.52 bits per heavy atom. The van der Waals surface area contributed by atoms with Crippen molar-refractivity contribution in [3.63, 3.8) is 0 Å². The largest absolute Gasteiger partial charge is 0.383 e. The molecule has 0 aromatic heterocycles. The van der Waals surface area contributed by atoms with Crippen LogP contribution < -0.4 is 5.73 Å². The van der Waals surface area contributed by atoms with E-state index in [0.717, 1.165) is 0 Å². The Labute approximate surface area is 131 Å². The minimum atomic E-state index is -0.0673. The van der Waals surface area contributed by atoms with E-state index in [2.05, 4.69) is 11.8 Å². The summed E-state index contributed by atoms with van der Waals surface area (Å²) in [7, 11) is 1.62. The third-order valence-electron chi connectivity index (χ3n) is 3.08. The summed E-state index contributed by atoms with van der Waals surface area (Å²) in [6.07, 6.45) is 0. The molecular formula is C16H21ClN2O2. The number of carbonyl (C=O) groups is 1. The summed E-state index contributed by atoms with van der Waals surface area (Å²) in [5.74, 6) is 5.55. The second kappa shape index (κ2) is 8.68. The topological polar surface area (TPSA) is 55.6 Å². The minimum Gasteiger partial charge on any atom is -0.383 e. The van der Waals surface area contributed by atoms with Gasteiger partial charge in [-0.3, -0.25) is 4.79 Å². The first-order chi connectivity index (χ1) is 10.0. The number of rotatable bonds is 5. The van der Waals surface area contributed by atoms with Gasteiger partial charge in [-0.2, -0.15) is 0 Å². The number of carbonyl (C=O) groups excluding carboxylic acids is 1. The van der Waals surface area contributed by atoms with Crippen molar-refractivity contribution in [3.8, 4) is 11.8 Å². The van der Waals surface area contributed by atoms with Crippen molar-refractivity contribution in [2.45, 2.75) is 19.9 Å². The summed E-state index contributed by atoms with van der Waals surface area (Å²) < 4.78 is 5.11. The van der Waals surface area contributed by atoms with Gasteiger partial charge >= 0.3 is 0 Å². The van der Waals surface area contributed by atoms with Gasteiger partial charge in [-0.15, -0.1) is 0 Å². The van der Waals surface area contributed by atoms with Gasteiger partial charge in [0.15, 0.2) is 0 Å². The van der Waals surface area contributed by atoms with Crippen molar-refractivity contribution in [2.75, 3.05) is 26.8 Å². The van der Waals surface area contributed by atoms with E-state index in [9.17, 15) is 4.79 Å². The van der Waals surface area contributed by atoms with Gasteiger partial charge in [-0.25, -0.2) is 0 Å². The number of hydrogen-bond donors (Lipinski definition) is 1. The van der Waals surface area contributed by atoms with E-state index in [-0.39, 0.29) is 18.5 Å². The normalized spacial score (nSPS) is 11.5. The molecule has 0 fully saturated rings. The molecule has 4 nitrogen and oxygen atoms in total. The van der Waals surface area contributed by atoms with Crippen LogP contribution in [0.15, 0.2) is 18.2 Å². The molecule has 0 aliphatic carbocycles. The summed E-state index contributed by atoms with van der Waals surface area (Å²) in [4.78, 5) is 14.3. The van der Waals surface area contributed by atoms with Crippen molar-refractivity contribution in [1.82, 2.24) is 4.90 Å². The molecule has 114 valence electrons. The van der Waals surface area contributed by atoms with E-state index in [1.165, 1.54) is 0 Å². The fourth-order valence-electron chi connectivity index (χ4n) is 2.05. The van der Waals surface area contributed by atoms with Gasteiger partial charge in [0.25, 0.3) is 5.91 Å². The molecule has 1 aromatic carbocycles. The Bertz CT molecular complexity index is 549. The van der Waals surface area contributed by atoms with Gasteiger partial charge in [0.1, 0.15) is 0 Å². The lowest BCUT2D eigenvalue weighted by Crippen LogP contribution is -2.40. The predicted molar refractivity (Wildman–Crippen MR) is 85.4 cm³/mol. The molecule has 1 aromatic rings. The average molecular weight is 309 g/mol. The van der Waals surface area contributed by atoms with E-state index < -0.39 is 0 Å². The zero-order chi connectivity index (χ0) is 15.8. The van der Waals surface area contributed by atoms with Crippen LogP contribution in [0.5, 0.6) is 0 Å². The predicted octanol–water partition coefficient (Wildman–Crippen LogP) is 2.15. The lowest BCUT2D eigenvalue weighted by molar-refractivity contribution is 0.0579. The number of ether oxygens (including phenoxy) is 1. The number of nitrogens with zero attached hydrogens (tertiary/aromatic N) is 1. The van der Waals surface area contributed by atoms with E-state index >= 15 is 0 Å². The first-order valence-corrected chi connectivity index (χ1v) is 7.21. The quantitative estimate of drug-likeness (QED) is 0.848. The Kier molecular flexibility index (Phi) is 7.24. The number of nitrogens with two attached hydrogens (primary N) is 1. The molecule has 0 aliphatic rings. The number of methoxy groups -OCH3 is 1. The Morgan fingerprint density at radius 2 is 2.24 bits per heavy atom. The van der Waals surface area contributed by atoms with Gasteiger partial charge in [0.2, 0.25) is 0 Å². The number of likely N-dealkylation sites (N-methyl/N-ethyl adjacent to an activating group) is 1. The summed E-state index contributed by atoms with van der Waals surface area (Å²) in [6.45, 7) is 5.26. The van der Waals surface area contributed by atoms with Gasteiger partial charge in [0.05, 0.1) is 24.2 Å². The fraction of sp³-hybridized carbons (Fsp3) is 0.438. The van der Waals surface area contributed by atoms with Crippen molar-refractivity contribution in [3.05, 3.63) is 34.3 Å². The summed E-state index contributed by atoms with van der Waals surface area (Å²) in [5.41, 5.74) is 6.55. The SMILES string of the molecule is CCN(C(=O)c1ccc(C#CCN)c(Cl)c1)C(C)COC. The summed E-state index contributed by atoms with van der Waals surface area (Å²) in [5, 5.41) is 0.456. The molecule has 1 rings (SSSR count). The van der Waals surface area contributed by atoms with Crippen LogP contribution in [-0.2, 0) is 4.74 Å². The summed E-state index contributed by atoms with van der Waals surface area (Å²) in [6, 6.07) is 5.12. The molecule has 0 heterocycles. The first kappa shape index (κ1) is 17.5.